The summed E-state index contributed by atoms with van der Waals surface area (Å²) in [5, 5.41) is 0. The van der Waals surface area contributed by atoms with Gasteiger partial charge in [-0.25, -0.2) is 0 Å². The van der Waals surface area contributed by atoms with Gasteiger partial charge in [-0.2, -0.15) is 0 Å². The lowest BCUT2D eigenvalue weighted by atomic mass is 9.85. The van der Waals surface area contributed by atoms with E-state index in [9.17, 15) is 4.79 Å². The van der Waals surface area contributed by atoms with Crippen LogP contribution in [0.25, 0.3) is 0 Å². The second kappa shape index (κ2) is 5.21. The van der Waals surface area contributed by atoms with Crippen molar-refractivity contribution in [2.45, 2.75) is 37.8 Å². The predicted molar refractivity (Wildman–Crippen MR) is 82.4 cm³/mol. The van der Waals surface area contributed by atoms with Crippen LogP contribution in [0, 0.1) is 5.92 Å². The minimum absolute atomic E-state index is 0.230. The van der Waals surface area contributed by atoms with Crippen molar-refractivity contribution in [1.29, 1.82) is 0 Å². The van der Waals surface area contributed by atoms with E-state index in [2.05, 4.69) is 16.8 Å². The Balaban J connectivity index is 1.73. The lowest BCUT2D eigenvalue weighted by Gasteiger charge is -2.35. The summed E-state index contributed by atoms with van der Waals surface area (Å²) in [5.74, 6) is 0.578. The lowest BCUT2D eigenvalue weighted by molar-refractivity contribution is 0.0767. The third-order valence-corrected chi connectivity index (χ3v) is 5.14. The van der Waals surface area contributed by atoms with Gasteiger partial charge in [-0.1, -0.05) is 0 Å². The predicted octanol–water partition coefficient (Wildman–Crippen LogP) is 2.81. The quantitative estimate of drug-likeness (QED) is 0.791. The van der Waals surface area contributed by atoms with Crippen molar-refractivity contribution in [3.05, 3.63) is 29.8 Å². The van der Waals surface area contributed by atoms with Crippen LogP contribution in [0.1, 0.15) is 36.0 Å². The van der Waals surface area contributed by atoms with E-state index >= 15 is 0 Å². The molecular weight excluding hydrogens is 248 g/mol. The maximum Gasteiger partial charge on any atom is 0.166 e. The second-order valence-electron chi connectivity index (χ2n) is 6.52. The van der Waals surface area contributed by atoms with Crippen LogP contribution in [0.5, 0.6) is 0 Å². The fourth-order valence-corrected chi connectivity index (χ4v) is 3.79. The zero-order valence-electron chi connectivity index (χ0n) is 12.7. The van der Waals surface area contributed by atoms with Gasteiger partial charge in [-0.15, -0.1) is 0 Å². The molecule has 0 amide bonds. The van der Waals surface area contributed by atoms with E-state index in [1.54, 1.807) is 0 Å². The van der Waals surface area contributed by atoms with E-state index < -0.39 is 0 Å². The molecule has 2 saturated heterocycles. The van der Waals surface area contributed by atoms with Crippen LogP contribution >= 0.6 is 0 Å². The molecule has 2 unspecified atom stereocenters. The van der Waals surface area contributed by atoms with E-state index in [1.807, 2.05) is 38.4 Å². The maximum absolute atomic E-state index is 12.7. The fourth-order valence-electron chi connectivity index (χ4n) is 3.79. The topological polar surface area (TPSA) is 23.6 Å². The van der Waals surface area contributed by atoms with Crippen LogP contribution in [-0.4, -0.2) is 43.9 Å². The number of fused-ring (bicyclic) bond motifs is 2. The first-order valence-electron chi connectivity index (χ1n) is 7.60. The molecule has 2 aliphatic rings. The third-order valence-electron chi connectivity index (χ3n) is 5.14. The SMILES string of the molecule is CN(C)c1ccc(C(=O)C2CC3CCC(C2)N3C)cc1. The fraction of sp³-hybridized carbons (Fsp3) is 0.588. The van der Waals surface area contributed by atoms with Gasteiger partial charge in [0.25, 0.3) is 0 Å². The molecule has 3 rings (SSSR count). The molecule has 0 N–H and O–H groups in total. The molecule has 0 spiro atoms. The summed E-state index contributed by atoms with van der Waals surface area (Å²) in [6.07, 6.45) is 4.62. The number of hydrogen-bond acceptors (Lipinski definition) is 3. The van der Waals surface area contributed by atoms with Crippen molar-refractivity contribution in [2.24, 2.45) is 5.92 Å². The standard InChI is InChI=1S/C17H24N2O/c1-18(2)14-6-4-12(5-7-14)17(20)13-10-15-8-9-16(11-13)19(15)3/h4-7,13,15-16H,8-11H2,1-3H3. The molecule has 2 aliphatic heterocycles. The van der Waals surface area contributed by atoms with Crippen LogP contribution in [0.3, 0.4) is 0 Å². The van der Waals surface area contributed by atoms with E-state index in [4.69, 9.17) is 0 Å². The summed E-state index contributed by atoms with van der Waals surface area (Å²) in [6.45, 7) is 0. The highest BCUT2D eigenvalue weighted by Gasteiger charge is 2.40. The summed E-state index contributed by atoms with van der Waals surface area (Å²) < 4.78 is 0. The first kappa shape index (κ1) is 13.6. The second-order valence-corrected chi connectivity index (χ2v) is 6.52. The maximum atomic E-state index is 12.7. The number of anilines is 1. The molecule has 108 valence electrons. The van der Waals surface area contributed by atoms with Crippen molar-refractivity contribution >= 4 is 11.5 Å². The minimum atomic E-state index is 0.230. The van der Waals surface area contributed by atoms with E-state index in [-0.39, 0.29) is 5.92 Å². The third kappa shape index (κ3) is 2.35. The van der Waals surface area contributed by atoms with Gasteiger partial charge in [0.1, 0.15) is 0 Å². The molecule has 3 nitrogen and oxygen atoms in total. The van der Waals surface area contributed by atoms with Gasteiger partial charge in [0.05, 0.1) is 0 Å². The zero-order valence-corrected chi connectivity index (χ0v) is 12.7. The monoisotopic (exact) mass is 272 g/mol. The average Bonchev–Trinajstić information content (AvgIpc) is 2.68. The van der Waals surface area contributed by atoms with Crippen molar-refractivity contribution in [1.82, 2.24) is 4.90 Å². The van der Waals surface area contributed by atoms with Crippen LogP contribution in [0.2, 0.25) is 0 Å². The molecule has 20 heavy (non-hydrogen) atoms. The Kier molecular flexibility index (Phi) is 3.55. The van der Waals surface area contributed by atoms with Crippen molar-refractivity contribution in [3.8, 4) is 0 Å². The highest BCUT2D eigenvalue weighted by atomic mass is 16.1. The molecule has 0 aliphatic carbocycles. The van der Waals surface area contributed by atoms with Crippen LogP contribution in [-0.2, 0) is 0 Å². The largest absolute Gasteiger partial charge is 0.378 e. The summed E-state index contributed by atoms with van der Waals surface area (Å²) in [5.41, 5.74) is 2.02. The van der Waals surface area contributed by atoms with E-state index in [0.29, 0.717) is 17.9 Å². The molecule has 2 heterocycles. The number of benzene rings is 1. The highest BCUT2D eigenvalue weighted by molar-refractivity contribution is 5.98. The van der Waals surface area contributed by atoms with E-state index in [1.165, 1.54) is 12.8 Å². The Bertz CT molecular complexity index is 480. The Hall–Kier alpha value is -1.35. The minimum Gasteiger partial charge on any atom is -0.378 e. The van der Waals surface area contributed by atoms with Gasteiger partial charge in [0.2, 0.25) is 0 Å². The number of rotatable bonds is 3. The Morgan fingerprint density at radius 1 is 1.10 bits per heavy atom. The molecule has 2 bridgehead atoms. The molecule has 1 aromatic rings. The Labute approximate surface area is 121 Å². The zero-order chi connectivity index (χ0) is 14.3. The number of piperidine rings is 1. The van der Waals surface area contributed by atoms with Gasteiger partial charge < -0.3 is 9.80 Å². The molecule has 1 aromatic carbocycles. The van der Waals surface area contributed by atoms with Gasteiger partial charge >= 0.3 is 0 Å². The van der Waals surface area contributed by atoms with Crippen molar-refractivity contribution in [3.63, 3.8) is 0 Å². The summed E-state index contributed by atoms with van der Waals surface area (Å²) in [7, 11) is 6.26. The van der Waals surface area contributed by atoms with Gasteiger partial charge in [-0.05, 0) is 57.0 Å². The van der Waals surface area contributed by atoms with Crippen LogP contribution < -0.4 is 4.90 Å². The van der Waals surface area contributed by atoms with Crippen LogP contribution in [0.4, 0.5) is 5.69 Å². The van der Waals surface area contributed by atoms with Gasteiger partial charge in [-0.3, -0.25) is 4.79 Å². The lowest BCUT2D eigenvalue weighted by Crippen LogP contribution is -2.42. The van der Waals surface area contributed by atoms with Crippen molar-refractivity contribution < 1.29 is 4.79 Å². The molecule has 0 radical (unpaired) electrons. The van der Waals surface area contributed by atoms with Crippen LogP contribution in [0.15, 0.2) is 24.3 Å². The molecule has 2 atom stereocenters. The normalized spacial score (nSPS) is 29.4. The number of Topliss-reactive ketones (excluding diaryl/α,β-unsaturated/α-hetero) is 1. The van der Waals surface area contributed by atoms with Crippen molar-refractivity contribution in [2.75, 3.05) is 26.0 Å². The summed E-state index contributed by atoms with van der Waals surface area (Å²) in [6, 6.07) is 9.30. The molecule has 0 aromatic heterocycles. The smallest absolute Gasteiger partial charge is 0.166 e. The Morgan fingerprint density at radius 3 is 2.15 bits per heavy atom. The number of hydrogen-bond donors (Lipinski definition) is 0. The molecule has 2 fully saturated rings. The Morgan fingerprint density at radius 2 is 1.65 bits per heavy atom. The molecule has 0 saturated carbocycles. The first-order chi connectivity index (χ1) is 9.56. The van der Waals surface area contributed by atoms with Gasteiger partial charge in [0.15, 0.2) is 5.78 Å². The summed E-state index contributed by atoms with van der Waals surface area (Å²) >= 11 is 0. The molecule has 3 heteroatoms. The van der Waals surface area contributed by atoms with Gasteiger partial charge in [0, 0.05) is 43.3 Å². The number of carbonyl (C=O) groups excluding carboxylic acids is 1. The molecular formula is C17H24N2O. The number of nitrogens with zero attached hydrogens (tertiary/aromatic N) is 2. The summed E-state index contributed by atoms with van der Waals surface area (Å²) in [4.78, 5) is 17.2. The average molecular weight is 272 g/mol. The highest BCUT2D eigenvalue weighted by Crippen LogP contribution is 2.38. The first-order valence-corrected chi connectivity index (χ1v) is 7.60. The number of ketones is 1. The number of carbonyl (C=O) groups is 1. The van der Waals surface area contributed by atoms with E-state index in [0.717, 1.165) is 24.1 Å².